The predicted molar refractivity (Wildman–Crippen MR) is 49.1 cm³/mol. The molecule has 0 aliphatic rings. The van der Waals surface area contributed by atoms with E-state index in [1.807, 2.05) is 0 Å². The van der Waals surface area contributed by atoms with Crippen molar-refractivity contribution in [2.24, 2.45) is 0 Å². The number of carbonyl (C=O) groups is 1. The lowest BCUT2D eigenvalue weighted by Gasteiger charge is -2.09. The van der Waals surface area contributed by atoms with Crippen molar-refractivity contribution in [3.8, 4) is 11.8 Å². The van der Waals surface area contributed by atoms with Crippen molar-refractivity contribution < 1.29 is 27.8 Å². The second-order valence-corrected chi connectivity index (χ2v) is 2.98. The number of alkyl halides is 2. The third-order valence-corrected chi connectivity index (χ3v) is 1.85. The molecule has 0 heterocycles. The number of carboxylic acid groups (broad SMARTS) is 1. The van der Waals surface area contributed by atoms with E-state index in [1.54, 1.807) is 0 Å². The molecule has 0 aliphatic carbocycles. The fourth-order valence-electron chi connectivity index (χ4n) is 1.19. The van der Waals surface area contributed by atoms with Gasteiger partial charge in [-0.05, 0) is 6.07 Å². The number of benzene rings is 1. The van der Waals surface area contributed by atoms with Crippen LogP contribution < -0.4 is 4.74 Å². The highest BCUT2D eigenvalue weighted by molar-refractivity contribution is 5.70. The van der Waals surface area contributed by atoms with Gasteiger partial charge in [-0.2, -0.15) is 14.0 Å². The molecule has 90 valence electrons. The van der Waals surface area contributed by atoms with Gasteiger partial charge >= 0.3 is 12.6 Å². The van der Waals surface area contributed by atoms with Crippen molar-refractivity contribution >= 4 is 5.97 Å². The van der Waals surface area contributed by atoms with Crippen LogP contribution in [0.5, 0.6) is 5.75 Å². The van der Waals surface area contributed by atoms with Gasteiger partial charge in [-0.25, -0.2) is 4.39 Å². The van der Waals surface area contributed by atoms with Gasteiger partial charge in [-0.3, -0.25) is 4.79 Å². The summed E-state index contributed by atoms with van der Waals surface area (Å²) in [5, 5.41) is 17.0. The first-order valence-corrected chi connectivity index (χ1v) is 4.33. The number of ether oxygens (including phenoxy) is 1. The Bertz CT molecular complexity index is 482. The molecule has 1 aromatic carbocycles. The number of nitriles is 1. The second-order valence-electron chi connectivity index (χ2n) is 2.98. The number of nitrogens with zero attached hydrogens (tertiary/aromatic N) is 1. The van der Waals surface area contributed by atoms with Crippen LogP contribution in [0.15, 0.2) is 12.1 Å². The zero-order valence-corrected chi connectivity index (χ0v) is 8.28. The summed E-state index contributed by atoms with van der Waals surface area (Å²) in [6.07, 6.45) is -0.683. The Morgan fingerprint density at radius 2 is 2.18 bits per heavy atom. The minimum atomic E-state index is -3.29. The average molecular weight is 245 g/mol. The summed E-state index contributed by atoms with van der Waals surface area (Å²) in [6.45, 7) is -3.29. The van der Waals surface area contributed by atoms with Crippen molar-refractivity contribution in [3.05, 3.63) is 29.1 Å². The molecule has 0 saturated carbocycles. The molecule has 7 heteroatoms. The minimum Gasteiger partial charge on any atom is -0.481 e. The Kier molecular flexibility index (Phi) is 3.93. The average Bonchev–Trinajstić information content (AvgIpc) is 2.23. The van der Waals surface area contributed by atoms with Crippen LogP contribution in [-0.4, -0.2) is 17.7 Å². The van der Waals surface area contributed by atoms with E-state index >= 15 is 0 Å². The Hall–Kier alpha value is -2.23. The van der Waals surface area contributed by atoms with Crippen LogP contribution in [-0.2, 0) is 11.2 Å². The van der Waals surface area contributed by atoms with Crippen LogP contribution in [0.25, 0.3) is 0 Å². The second kappa shape index (κ2) is 5.21. The highest BCUT2D eigenvalue weighted by Crippen LogP contribution is 2.27. The van der Waals surface area contributed by atoms with E-state index in [1.165, 1.54) is 6.07 Å². The molecule has 17 heavy (non-hydrogen) atoms. The molecule has 1 aromatic rings. The molecule has 1 rings (SSSR count). The van der Waals surface area contributed by atoms with E-state index in [-0.39, 0.29) is 5.56 Å². The smallest absolute Gasteiger partial charge is 0.387 e. The first-order chi connectivity index (χ1) is 7.95. The van der Waals surface area contributed by atoms with Crippen molar-refractivity contribution in [3.63, 3.8) is 0 Å². The van der Waals surface area contributed by atoms with Gasteiger partial charge in [0.2, 0.25) is 0 Å². The summed E-state index contributed by atoms with van der Waals surface area (Å²) in [5.41, 5.74) is -0.746. The molecule has 0 aromatic heterocycles. The van der Waals surface area contributed by atoms with Gasteiger partial charge in [-0.1, -0.05) is 6.07 Å². The van der Waals surface area contributed by atoms with E-state index in [9.17, 15) is 18.0 Å². The van der Waals surface area contributed by atoms with Gasteiger partial charge in [0.25, 0.3) is 0 Å². The summed E-state index contributed by atoms with van der Waals surface area (Å²) in [5.74, 6) is -3.51. The lowest BCUT2D eigenvalue weighted by molar-refractivity contribution is -0.136. The maximum atomic E-state index is 13.6. The number of rotatable bonds is 4. The van der Waals surface area contributed by atoms with Gasteiger partial charge in [-0.15, -0.1) is 0 Å². The maximum Gasteiger partial charge on any atom is 0.387 e. The largest absolute Gasteiger partial charge is 0.481 e. The van der Waals surface area contributed by atoms with E-state index in [0.29, 0.717) is 0 Å². The fraction of sp³-hybridized carbons (Fsp3) is 0.200. The number of hydrogen-bond donors (Lipinski definition) is 1. The summed E-state index contributed by atoms with van der Waals surface area (Å²) < 4.78 is 41.4. The third-order valence-electron chi connectivity index (χ3n) is 1.85. The summed E-state index contributed by atoms with van der Waals surface area (Å²) in [6, 6.07) is 3.55. The standard InChI is InChI=1S/C10H6F3NO3/c11-8-5(3-7(15)16)1-2-6(4-14)9(8)17-10(12)13/h1-2,10H,3H2,(H,15,16). The molecule has 1 N–H and O–H groups in total. The molecular formula is C10H6F3NO3. The Balaban J connectivity index is 3.23. The zero-order chi connectivity index (χ0) is 13.0. The molecule has 0 spiro atoms. The van der Waals surface area contributed by atoms with E-state index < -0.39 is 36.1 Å². The van der Waals surface area contributed by atoms with Gasteiger partial charge in [0.1, 0.15) is 6.07 Å². The lowest BCUT2D eigenvalue weighted by atomic mass is 10.1. The van der Waals surface area contributed by atoms with Crippen LogP contribution in [0, 0.1) is 17.1 Å². The normalized spacial score (nSPS) is 10.1. The van der Waals surface area contributed by atoms with Gasteiger partial charge in [0.15, 0.2) is 11.6 Å². The molecule has 0 aliphatic heterocycles. The molecule has 0 bridgehead atoms. The quantitative estimate of drug-likeness (QED) is 0.879. The first kappa shape index (κ1) is 12.8. The van der Waals surface area contributed by atoms with E-state index in [0.717, 1.165) is 12.1 Å². The Labute approximate surface area is 93.8 Å². The minimum absolute atomic E-state index is 0.327. The monoisotopic (exact) mass is 245 g/mol. The molecule has 0 unspecified atom stereocenters. The fourth-order valence-corrected chi connectivity index (χ4v) is 1.19. The number of aliphatic carboxylic acids is 1. The number of hydrogen-bond acceptors (Lipinski definition) is 3. The molecular weight excluding hydrogens is 239 g/mol. The van der Waals surface area contributed by atoms with Gasteiger partial charge < -0.3 is 9.84 Å². The molecule has 0 fully saturated rings. The highest BCUT2D eigenvalue weighted by Gasteiger charge is 2.19. The zero-order valence-electron chi connectivity index (χ0n) is 8.28. The summed E-state index contributed by atoms with van der Waals surface area (Å²) in [4.78, 5) is 10.4. The molecule has 0 radical (unpaired) electrons. The van der Waals surface area contributed by atoms with Crippen LogP contribution in [0.2, 0.25) is 0 Å². The summed E-state index contributed by atoms with van der Waals surface area (Å²) >= 11 is 0. The maximum absolute atomic E-state index is 13.6. The predicted octanol–water partition coefficient (Wildman–Crippen LogP) is 1.93. The molecule has 0 amide bonds. The van der Waals surface area contributed by atoms with Crippen LogP contribution >= 0.6 is 0 Å². The van der Waals surface area contributed by atoms with Crippen molar-refractivity contribution in [1.82, 2.24) is 0 Å². The SMILES string of the molecule is N#Cc1ccc(CC(=O)O)c(F)c1OC(F)F. The van der Waals surface area contributed by atoms with Crippen LogP contribution in [0.4, 0.5) is 13.2 Å². The number of halogens is 3. The highest BCUT2D eigenvalue weighted by atomic mass is 19.3. The van der Waals surface area contributed by atoms with Crippen molar-refractivity contribution in [2.45, 2.75) is 13.0 Å². The number of carboxylic acids is 1. The van der Waals surface area contributed by atoms with Gasteiger partial charge in [0.05, 0.1) is 12.0 Å². The van der Waals surface area contributed by atoms with E-state index in [4.69, 9.17) is 10.4 Å². The third kappa shape index (κ3) is 3.11. The van der Waals surface area contributed by atoms with Crippen molar-refractivity contribution in [1.29, 1.82) is 5.26 Å². The van der Waals surface area contributed by atoms with Crippen LogP contribution in [0.3, 0.4) is 0 Å². The van der Waals surface area contributed by atoms with Crippen molar-refractivity contribution in [2.75, 3.05) is 0 Å². The molecule has 0 atom stereocenters. The topological polar surface area (TPSA) is 70.3 Å². The summed E-state index contributed by atoms with van der Waals surface area (Å²) in [7, 11) is 0. The molecule has 0 saturated heterocycles. The van der Waals surface area contributed by atoms with E-state index in [2.05, 4.69) is 4.74 Å². The molecule has 4 nitrogen and oxygen atoms in total. The lowest BCUT2D eigenvalue weighted by Crippen LogP contribution is -2.09. The Morgan fingerprint density at radius 3 is 2.65 bits per heavy atom. The van der Waals surface area contributed by atoms with Crippen LogP contribution in [0.1, 0.15) is 11.1 Å². The van der Waals surface area contributed by atoms with Gasteiger partial charge in [0, 0.05) is 5.56 Å². The first-order valence-electron chi connectivity index (χ1n) is 4.33. The Morgan fingerprint density at radius 1 is 1.53 bits per heavy atom.